The minimum absolute atomic E-state index is 0.313. The van der Waals surface area contributed by atoms with Crippen molar-refractivity contribution in [2.45, 2.75) is 26.7 Å². The van der Waals surface area contributed by atoms with Crippen molar-refractivity contribution in [3.05, 3.63) is 41.5 Å². The lowest BCUT2D eigenvalue weighted by Crippen LogP contribution is -2.09. The fourth-order valence-electron chi connectivity index (χ4n) is 2.28. The highest BCUT2D eigenvalue weighted by Crippen LogP contribution is 2.31. The molecule has 0 saturated carbocycles. The van der Waals surface area contributed by atoms with Gasteiger partial charge in [0, 0.05) is 5.39 Å². The van der Waals surface area contributed by atoms with Gasteiger partial charge < -0.3 is 9.47 Å². The molecule has 0 radical (unpaired) electrons. The fourth-order valence-corrected chi connectivity index (χ4v) is 2.28. The van der Waals surface area contributed by atoms with Gasteiger partial charge in [-0.1, -0.05) is 37.6 Å². The van der Waals surface area contributed by atoms with E-state index < -0.39 is 0 Å². The minimum Gasteiger partial charge on any atom is -0.496 e. The topological polar surface area (TPSA) is 35.5 Å². The van der Waals surface area contributed by atoms with Crippen LogP contribution in [-0.2, 0) is 4.74 Å². The van der Waals surface area contributed by atoms with Crippen LogP contribution < -0.4 is 4.74 Å². The maximum atomic E-state index is 12.3. The zero-order valence-corrected chi connectivity index (χ0v) is 12.2. The van der Waals surface area contributed by atoms with Gasteiger partial charge in [-0.3, -0.25) is 0 Å². The van der Waals surface area contributed by atoms with E-state index in [0.29, 0.717) is 17.9 Å². The van der Waals surface area contributed by atoms with Gasteiger partial charge in [-0.25, -0.2) is 4.79 Å². The average Bonchev–Trinajstić information content (AvgIpc) is 2.47. The molecule has 0 unspecified atom stereocenters. The lowest BCUT2D eigenvalue weighted by atomic mass is 9.99. The van der Waals surface area contributed by atoms with Gasteiger partial charge >= 0.3 is 5.97 Å². The molecule has 3 heteroatoms. The zero-order valence-electron chi connectivity index (χ0n) is 12.2. The first-order valence-electron chi connectivity index (χ1n) is 6.92. The zero-order chi connectivity index (χ0) is 14.5. The third-order valence-corrected chi connectivity index (χ3v) is 3.37. The summed E-state index contributed by atoms with van der Waals surface area (Å²) in [6.45, 7) is 4.52. The van der Waals surface area contributed by atoms with Crippen LogP contribution in [0.1, 0.15) is 35.7 Å². The van der Waals surface area contributed by atoms with Crippen molar-refractivity contribution in [1.82, 2.24) is 0 Å². The Morgan fingerprint density at radius 3 is 2.55 bits per heavy atom. The van der Waals surface area contributed by atoms with E-state index in [1.807, 2.05) is 37.3 Å². The molecular weight excluding hydrogens is 252 g/mol. The van der Waals surface area contributed by atoms with Gasteiger partial charge in [0.1, 0.15) is 11.3 Å². The molecule has 0 aliphatic rings. The molecule has 0 amide bonds. The molecule has 20 heavy (non-hydrogen) atoms. The Bertz CT molecular complexity index is 617. The predicted molar refractivity (Wildman–Crippen MR) is 80.4 cm³/mol. The maximum absolute atomic E-state index is 12.3. The largest absolute Gasteiger partial charge is 0.496 e. The van der Waals surface area contributed by atoms with Crippen LogP contribution in [-0.4, -0.2) is 19.7 Å². The summed E-state index contributed by atoms with van der Waals surface area (Å²) in [6, 6.07) is 9.71. The van der Waals surface area contributed by atoms with Crippen LogP contribution in [0.15, 0.2) is 30.3 Å². The Kier molecular flexibility index (Phi) is 4.61. The van der Waals surface area contributed by atoms with Crippen LogP contribution in [0.2, 0.25) is 0 Å². The summed E-state index contributed by atoms with van der Waals surface area (Å²) in [5, 5.41) is 1.93. The van der Waals surface area contributed by atoms with E-state index in [0.717, 1.165) is 29.2 Å². The van der Waals surface area contributed by atoms with E-state index in [4.69, 9.17) is 9.47 Å². The van der Waals surface area contributed by atoms with Gasteiger partial charge in [0.05, 0.1) is 13.7 Å². The highest BCUT2D eigenvalue weighted by Gasteiger charge is 2.18. The molecule has 106 valence electrons. The van der Waals surface area contributed by atoms with Crippen molar-refractivity contribution in [2.75, 3.05) is 13.7 Å². The molecule has 0 fully saturated rings. The first kappa shape index (κ1) is 14.4. The van der Waals surface area contributed by atoms with E-state index in [9.17, 15) is 4.79 Å². The van der Waals surface area contributed by atoms with Crippen molar-refractivity contribution in [3.8, 4) is 5.75 Å². The fraction of sp³-hybridized carbons (Fsp3) is 0.353. The summed E-state index contributed by atoms with van der Waals surface area (Å²) >= 11 is 0. The van der Waals surface area contributed by atoms with Crippen molar-refractivity contribution in [1.29, 1.82) is 0 Å². The van der Waals surface area contributed by atoms with Crippen LogP contribution >= 0.6 is 0 Å². The molecule has 0 aliphatic carbocycles. The number of fused-ring (bicyclic) bond motifs is 1. The van der Waals surface area contributed by atoms with E-state index >= 15 is 0 Å². The predicted octanol–water partition coefficient (Wildman–Crippen LogP) is 4.11. The number of unbranched alkanes of at least 4 members (excludes halogenated alkanes) is 1. The van der Waals surface area contributed by atoms with Crippen LogP contribution in [0.5, 0.6) is 5.75 Å². The number of carbonyl (C=O) groups excluding carboxylic acids is 1. The first-order valence-corrected chi connectivity index (χ1v) is 6.92. The number of carbonyl (C=O) groups is 1. The highest BCUT2D eigenvalue weighted by atomic mass is 16.5. The summed E-state index contributed by atoms with van der Waals surface area (Å²) in [5.41, 5.74) is 1.60. The minimum atomic E-state index is -0.313. The molecule has 2 aromatic carbocycles. The van der Waals surface area contributed by atoms with E-state index in [1.54, 1.807) is 7.11 Å². The second kappa shape index (κ2) is 6.42. The van der Waals surface area contributed by atoms with Crippen molar-refractivity contribution in [2.24, 2.45) is 0 Å². The number of rotatable bonds is 5. The summed E-state index contributed by atoms with van der Waals surface area (Å²) in [6.07, 6.45) is 1.87. The van der Waals surface area contributed by atoms with E-state index in [1.165, 1.54) is 0 Å². The van der Waals surface area contributed by atoms with Crippen molar-refractivity contribution in [3.63, 3.8) is 0 Å². The summed E-state index contributed by atoms with van der Waals surface area (Å²) in [7, 11) is 1.58. The smallest absolute Gasteiger partial charge is 0.342 e. The molecule has 2 aromatic rings. The normalized spacial score (nSPS) is 10.6. The Morgan fingerprint density at radius 1 is 1.20 bits per heavy atom. The molecular formula is C17H20O3. The van der Waals surface area contributed by atoms with Gasteiger partial charge in [0.15, 0.2) is 0 Å². The Hall–Kier alpha value is -2.03. The molecule has 0 saturated heterocycles. The molecule has 0 atom stereocenters. The van der Waals surface area contributed by atoms with Gasteiger partial charge in [-0.2, -0.15) is 0 Å². The molecule has 0 bridgehead atoms. The van der Waals surface area contributed by atoms with Crippen LogP contribution in [0, 0.1) is 6.92 Å². The van der Waals surface area contributed by atoms with E-state index in [2.05, 4.69) is 6.92 Å². The second-order valence-electron chi connectivity index (χ2n) is 4.81. The summed E-state index contributed by atoms with van der Waals surface area (Å²) < 4.78 is 10.7. The number of methoxy groups -OCH3 is 1. The summed E-state index contributed by atoms with van der Waals surface area (Å²) in [4.78, 5) is 12.3. The third-order valence-electron chi connectivity index (χ3n) is 3.37. The number of benzene rings is 2. The number of esters is 1. The number of hydrogen-bond acceptors (Lipinski definition) is 3. The Balaban J connectivity index is 2.49. The van der Waals surface area contributed by atoms with Crippen molar-refractivity contribution >= 4 is 16.7 Å². The SMILES string of the molecule is CCCCOC(=O)c1c(OC)cc(C)c2ccccc12. The lowest BCUT2D eigenvalue weighted by Gasteiger charge is -2.13. The lowest BCUT2D eigenvalue weighted by molar-refractivity contribution is 0.0498. The molecule has 3 nitrogen and oxygen atoms in total. The average molecular weight is 272 g/mol. The molecule has 0 aromatic heterocycles. The van der Waals surface area contributed by atoms with Crippen molar-refractivity contribution < 1.29 is 14.3 Å². The monoisotopic (exact) mass is 272 g/mol. The van der Waals surface area contributed by atoms with Crippen LogP contribution in [0.4, 0.5) is 0 Å². The van der Waals surface area contributed by atoms with Gasteiger partial charge in [0.2, 0.25) is 0 Å². The van der Waals surface area contributed by atoms with Crippen LogP contribution in [0.3, 0.4) is 0 Å². The molecule has 0 spiro atoms. The highest BCUT2D eigenvalue weighted by molar-refractivity contribution is 6.08. The number of aryl methyl sites for hydroxylation is 1. The quantitative estimate of drug-likeness (QED) is 0.607. The molecule has 0 N–H and O–H groups in total. The molecule has 0 aliphatic heterocycles. The van der Waals surface area contributed by atoms with Gasteiger partial charge in [0.25, 0.3) is 0 Å². The summed E-state index contributed by atoms with van der Waals surface area (Å²) in [5.74, 6) is 0.259. The molecule has 0 heterocycles. The third kappa shape index (κ3) is 2.77. The van der Waals surface area contributed by atoms with Gasteiger partial charge in [-0.05, 0) is 30.4 Å². The number of hydrogen-bond donors (Lipinski definition) is 0. The molecule has 2 rings (SSSR count). The first-order chi connectivity index (χ1) is 9.69. The van der Waals surface area contributed by atoms with Crippen LogP contribution in [0.25, 0.3) is 10.8 Å². The standard InChI is InChI=1S/C17H20O3/c1-4-5-10-20-17(18)16-14-9-7-6-8-13(14)12(2)11-15(16)19-3/h6-9,11H,4-5,10H2,1-3H3. The number of ether oxygens (including phenoxy) is 2. The maximum Gasteiger partial charge on any atom is 0.342 e. The van der Waals surface area contributed by atoms with Gasteiger partial charge in [-0.15, -0.1) is 0 Å². The Morgan fingerprint density at radius 2 is 1.90 bits per heavy atom. The second-order valence-corrected chi connectivity index (χ2v) is 4.81. The Labute approximate surface area is 119 Å². The van der Waals surface area contributed by atoms with E-state index in [-0.39, 0.29) is 5.97 Å².